The highest BCUT2D eigenvalue weighted by Crippen LogP contribution is 2.28. The van der Waals surface area contributed by atoms with E-state index in [1.54, 1.807) is 0 Å². The highest BCUT2D eigenvalue weighted by atomic mass is 19.4. The number of fused-ring (bicyclic) bond motifs is 1. The molecule has 2 amide bonds. The fourth-order valence-electron chi connectivity index (χ4n) is 2.81. The van der Waals surface area contributed by atoms with E-state index in [9.17, 15) is 22.8 Å². The molecule has 3 rings (SSSR count). The molecule has 1 aliphatic rings. The molecule has 0 aliphatic heterocycles. The average molecular weight is 430 g/mol. The van der Waals surface area contributed by atoms with E-state index in [-0.39, 0.29) is 23.9 Å². The van der Waals surface area contributed by atoms with E-state index in [0.29, 0.717) is 18.7 Å². The number of carboxylic acid groups (broad SMARTS) is 2. The smallest absolute Gasteiger partial charge is 0.481 e. The largest absolute Gasteiger partial charge is 0.490 e. The molecule has 2 aromatic rings. The molecule has 4 N–H and O–H groups in total. The quantitative estimate of drug-likeness (QED) is 0.589. The van der Waals surface area contributed by atoms with E-state index in [1.807, 2.05) is 42.6 Å². The molecule has 2 heterocycles. The van der Waals surface area contributed by atoms with Gasteiger partial charge in [-0.05, 0) is 30.9 Å². The maximum Gasteiger partial charge on any atom is 0.490 e. The zero-order valence-corrected chi connectivity index (χ0v) is 16.1. The van der Waals surface area contributed by atoms with E-state index in [0.717, 1.165) is 11.3 Å². The molecule has 12 heteroatoms. The van der Waals surface area contributed by atoms with Gasteiger partial charge in [0.05, 0.1) is 11.6 Å². The van der Waals surface area contributed by atoms with E-state index < -0.39 is 18.1 Å². The Morgan fingerprint density at radius 3 is 2.30 bits per heavy atom. The van der Waals surface area contributed by atoms with Crippen molar-refractivity contribution in [2.24, 2.45) is 5.92 Å². The van der Waals surface area contributed by atoms with Crippen LogP contribution < -0.4 is 10.6 Å². The number of aliphatic carboxylic acids is 2. The highest BCUT2D eigenvalue weighted by Gasteiger charge is 2.38. The minimum atomic E-state index is -5.08. The zero-order valence-electron chi connectivity index (χ0n) is 16.1. The Morgan fingerprint density at radius 2 is 1.80 bits per heavy atom. The number of anilines is 1. The van der Waals surface area contributed by atoms with Gasteiger partial charge >= 0.3 is 24.1 Å². The first kappa shape index (κ1) is 23.0. The summed E-state index contributed by atoms with van der Waals surface area (Å²) in [6.45, 7) is 4.04. The first-order valence-electron chi connectivity index (χ1n) is 8.97. The Kier molecular flexibility index (Phi) is 6.90. The van der Waals surface area contributed by atoms with Crippen LogP contribution in [0, 0.1) is 5.92 Å². The Morgan fingerprint density at radius 1 is 1.20 bits per heavy atom. The van der Waals surface area contributed by atoms with Crippen LogP contribution in [0.2, 0.25) is 0 Å². The van der Waals surface area contributed by atoms with Crippen LogP contribution in [-0.2, 0) is 9.59 Å². The SMILES string of the molecule is CC(C)c1nc2ccccn2c1NC(=O)NC1CC(C(=O)O)C1.O=C(O)C(F)(F)F. The first-order valence-corrected chi connectivity index (χ1v) is 8.97. The molecular formula is C18H21F3N4O5. The second-order valence-corrected chi connectivity index (χ2v) is 7.03. The molecule has 0 saturated heterocycles. The lowest BCUT2D eigenvalue weighted by Gasteiger charge is -2.32. The lowest BCUT2D eigenvalue weighted by molar-refractivity contribution is -0.192. The number of pyridine rings is 1. The van der Waals surface area contributed by atoms with Crippen molar-refractivity contribution < 1.29 is 37.8 Å². The number of hydrogen-bond donors (Lipinski definition) is 4. The molecule has 0 spiro atoms. The molecule has 9 nitrogen and oxygen atoms in total. The molecule has 2 aromatic heterocycles. The number of amides is 2. The molecule has 30 heavy (non-hydrogen) atoms. The molecule has 0 aromatic carbocycles. The molecule has 1 fully saturated rings. The van der Waals surface area contributed by atoms with Gasteiger partial charge in [0.2, 0.25) is 0 Å². The third-order valence-electron chi connectivity index (χ3n) is 4.40. The molecule has 0 atom stereocenters. The van der Waals surface area contributed by atoms with Crippen molar-refractivity contribution in [2.75, 3.05) is 5.32 Å². The molecule has 0 unspecified atom stereocenters. The number of alkyl halides is 3. The van der Waals surface area contributed by atoms with Crippen molar-refractivity contribution in [1.29, 1.82) is 0 Å². The van der Waals surface area contributed by atoms with Crippen LogP contribution in [0.1, 0.15) is 38.3 Å². The van der Waals surface area contributed by atoms with E-state index in [1.165, 1.54) is 0 Å². The number of nitrogens with one attached hydrogen (secondary N) is 2. The van der Waals surface area contributed by atoms with Crippen LogP contribution in [0.4, 0.5) is 23.8 Å². The van der Waals surface area contributed by atoms with Crippen LogP contribution in [0.25, 0.3) is 5.65 Å². The molecule has 0 bridgehead atoms. The van der Waals surface area contributed by atoms with E-state index in [2.05, 4.69) is 15.6 Å². The van der Waals surface area contributed by atoms with Gasteiger partial charge in [-0.1, -0.05) is 19.9 Å². The highest BCUT2D eigenvalue weighted by molar-refractivity contribution is 5.90. The van der Waals surface area contributed by atoms with Crippen LogP contribution in [0.5, 0.6) is 0 Å². The van der Waals surface area contributed by atoms with Crippen molar-refractivity contribution in [1.82, 2.24) is 14.7 Å². The fraction of sp³-hybridized carbons (Fsp3) is 0.444. The second-order valence-electron chi connectivity index (χ2n) is 7.03. The Bertz CT molecular complexity index is 936. The number of carboxylic acids is 2. The van der Waals surface area contributed by atoms with Crippen molar-refractivity contribution in [3.8, 4) is 0 Å². The Balaban J connectivity index is 0.000000396. The van der Waals surface area contributed by atoms with Gasteiger partial charge in [-0.25, -0.2) is 14.6 Å². The summed E-state index contributed by atoms with van der Waals surface area (Å²) in [6.07, 6.45) is -2.27. The molecule has 164 valence electrons. The topological polar surface area (TPSA) is 133 Å². The fourth-order valence-corrected chi connectivity index (χ4v) is 2.81. The third kappa shape index (κ3) is 5.61. The molecular weight excluding hydrogens is 409 g/mol. The van der Waals surface area contributed by atoms with Crippen LogP contribution in [0.3, 0.4) is 0 Å². The maximum absolute atomic E-state index is 12.2. The summed E-state index contributed by atoms with van der Waals surface area (Å²) in [5.41, 5.74) is 1.60. The predicted octanol–water partition coefficient (Wildman–Crippen LogP) is 3.08. The van der Waals surface area contributed by atoms with Gasteiger partial charge in [-0.3, -0.25) is 14.5 Å². The number of carbonyl (C=O) groups excluding carboxylic acids is 1. The number of halogens is 3. The van der Waals surface area contributed by atoms with E-state index >= 15 is 0 Å². The number of aromatic nitrogens is 2. The minimum absolute atomic E-state index is 0.0854. The standard InChI is InChI=1S/C16H20N4O3.C2HF3O2/c1-9(2)13-14(20-6-4-3-5-12(20)18-13)19-16(23)17-11-7-10(8-11)15(21)22;3-2(4,5)1(6)7/h3-6,9-11H,7-8H2,1-2H3,(H,21,22)(H2,17,19,23);(H,6,7). The summed E-state index contributed by atoms with van der Waals surface area (Å²) in [5.74, 6) is -3.07. The number of nitrogens with zero attached hydrogens (tertiary/aromatic N) is 2. The third-order valence-corrected chi connectivity index (χ3v) is 4.40. The maximum atomic E-state index is 12.2. The van der Waals surface area contributed by atoms with Gasteiger partial charge in [0.1, 0.15) is 11.5 Å². The summed E-state index contributed by atoms with van der Waals surface area (Å²) in [7, 11) is 0. The van der Waals surface area contributed by atoms with Crippen LogP contribution >= 0.6 is 0 Å². The second kappa shape index (κ2) is 9.01. The van der Waals surface area contributed by atoms with Crippen molar-refractivity contribution in [3.63, 3.8) is 0 Å². The lowest BCUT2D eigenvalue weighted by atomic mass is 9.80. The summed E-state index contributed by atoms with van der Waals surface area (Å²) in [5, 5.41) is 21.7. The van der Waals surface area contributed by atoms with E-state index in [4.69, 9.17) is 15.0 Å². The van der Waals surface area contributed by atoms with Gasteiger partial charge < -0.3 is 15.5 Å². The molecule has 0 radical (unpaired) electrons. The summed E-state index contributed by atoms with van der Waals surface area (Å²) in [6, 6.07) is 5.25. The first-order chi connectivity index (χ1) is 13.9. The number of hydrogen-bond acceptors (Lipinski definition) is 4. The predicted molar refractivity (Wildman–Crippen MR) is 99.3 cm³/mol. The summed E-state index contributed by atoms with van der Waals surface area (Å²) < 4.78 is 33.6. The number of rotatable bonds is 4. The number of imidazole rings is 1. The Labute approximate surface area is 168 Å². The van der Waals surface area contributed by atoms with Gasteiger partial charge in [0.25, 0.3) is 0 Å². The average Bonchev–Trinajstić information content (AvgIpc) is 2.96. The lowest BCUT2D eigenvalue weighted by Crippen LogP contribution is -2.48. The van der Waals surface area contributed by atoms with Crippen molar-refractivity contribution in [2.45, 2.75) is 44.8 Å². The summed E-state index contributed by atoms with van der Waals surface area (Å²) in [4.78, 5) is 36.4. The zero-order chi connectivity index (χ0) is 22.6. The van der Waals surface area contributed by atoms with Gasteiger partial charge in [-0.15, -0.1) is 0 Å². The van der Waals surface area contributed by atoms with Crippen LogP contribution in [0.15, 0.2) is 24.4 Å². The number of carbonyl (C=O) groups is 3. The van der Waals surface area contributed by atoms with Gasteiger partial charge in [-0.2, -0.15) is 13.2 Å². The summed E-state index contributed by atoms with van der Waals surface area (Å²) >= 11 is 0. The molecule has 1 saturated carbocycles. The number of urea groups is 1. The van der Waals surface area contributed by atoms with Gasteiger partial charge in [0, 0.05) is 12.2 Å². The van der Waals surface area contributed by atoms with Gasteiger partial charge in [0.15, 0.2) is 0 Å². The monoisotopic (exact) mass is 430 g/mol. The van der Waals surface area contributed by atoms with Crippen LogP contribution in [-0.4, -0.2) is 49.8 Å². The van der Waals surface area contributed by atoms with Crippen molar-refractivity contribution in [3.05, 3.63) is 30.1 Å². The molecule has 1 aliphatic carbocycles. The normalized spacial score (nSPS) is 18.2. The minimum Gasteiger partial charge on any atom is -0.481 e. The van der Waals surface area contributed by atoms with Crippen molar-refractivity contribution >= 4 is 29.4 Å². The Hall–Kier alpha value is -3.31.